The molecule has 1 aromatic rings. The third-order valence-electron chi connectivity index (χ3n) is 2.13. The van der Waals surface area contributed by atoms with Gasteiger partial charge in [-0.15, -0.1) is 0 Å². The average molecular weight is 350 g/mol. The maximum atomic E-state index is 11.8. The molecule has 16 heavy (non-hydrogen) atoms. The van der Waals surface area contributed by atoms with Gasteiger partial charge in [0.2, 0.25) is 0 Å². The monoisotopic (exact) mass is 350 g/mol. The number of rotatable bonds is 5. The SMILES string of the molecule is COc1cccc(I)c1C(=O)OCCC[SiH3]. The summed E-state index contributed by atoms with van der Waals surface area (Å²) in [6.07, 6.45) is 0.948. The number of hydrogen-bond acceptors (Lipinski definition) is 3. The van der Waals surface area contributed by atoms with Gasteiger partial charge in [0.1, 0.15) is 11.3 Å². The molecule has 0 amide bonds. The molecule has 0 aliphatic rings. The van der Waals surface area contributed by atoms with E-state index in [0.29, 0.717) is 17.9 Å². The Labute approximate surface area is 112 Å². The highest BCUT2D eigenvalue weighted by molar-refractivity contribution is 14.1. The number of hydrogen-bond donors (Lipinski definition) is 0. The molecule has 0 radical (unpaired) electrons. The van der Waals surface area contributed by atoms with Gasteiger partial charge in [0, 0.05) is 13.8 Å². The molecule has 0 saturated heterocycles. The highest BCUT2D eigenvalue weighted by atomic mass is 127. The topological polar surface area (TPSA) is 35.5 Å². The van der Waals surface area contributed by atoms with E-state index in [1.807, 2.05) is 12.1 Å². The summed E-state index contributed by atoms with van der Waals surface area (Å²) in [7, 11) is 2.70. The van der Waals surface area contributed by atoms with E-state index in [1.165, 1.54) is 0 Å². The van der Waals surface area contributed by atoms with Crippen LogP contribution in [0.15, 0.2) is 18.2 Å². The smallest absolute Gasteiger partial charge is 0.343 e. The summed E-state index contributed by atoms with van der Waals surface area (Å²) in [6.45, 7) is 0.496. The van der Waals surface area contributed by atoms with Gasteiger partial charge in [0.15, 0.2) is 0 Å². The van der Waals surface area contributed by atoms with E-state index in [1.54, 1.807) is 13.2 Å². The summed E-state index contributed by atoms with van der Waals surface area (Å²) in [5.74, 6) is 0.278. The number of halogens is 1. The summed E-state index contributed by atoms with van der Waals surface area (Å²) >= 11 is 2.11. The molecule has 0 fully saturated rings. The van der Waals surface area contributed by atoms with Gasteiger partial charge in [-0.1, -0.05) is 12.1 Å². The van der Waals surface area contributed by atoms with Gasteiger partial charge >= 0.3 is 5.97 Å². The van der Waals surface area contributed by atoms with Crippen LogP contribution in [0.4, 0.5) is 0 Å². The number of methoxy groups -OCH3 is 1. The van der Waals surface area contributed by atoms with Crippen LogP contribution in [-0.2, 0) is 4.74 Å². The lowest BCUT2D eigenvalue weighted by atomic mass is 10.2. The molecule has 0 saturated carbocycles. The lowest BCUT2D eigenvalue weighted by Gasteiger charge is -2.09. The van der Waals surface area contributed by atoms with Crippen LogP contribution in [0.3, 0.4) is 0 Å². The van der Waals surface area contributed by atoms with Crippen molar-refractivity contribution in [1.29, 1.82) is 0 Å². The summed E-state index contributed by atoms with van der Waals surface area (Å²) < 4.78 is 11.2. The van der Waals surface area contributed by atoms with Crippen molar-refractivity contribution in [2.75, 3.05) is 13.7 Å². The normalized spacial score (nSPS) is 10.1. The third-order valence-corrected chi connectivity index (χ3v) is 3.74. The van der Waals surface area contributed by atoms with Crippen molar-refractivity contribution < 1.29 is 14.3 Å². The van der Waals surface area contributed by atoms with Gasteiger partial charge in [0.05, 0.1) is 13.7 Å². The number of carbonyl (C=O) groups is 1. The molecule has 0 aliphatic carbocycles. The molecule has 5 heteroatoms. The molecule has 0 spiro atoms. The lowest BCUT2D eigenvalue weighted by molar-refractivity contribution is 0.0500. The quantitative estimate of drug-likeness (QED) is 0.351. The van der Waals surface area contributed by atoms with Crippen LogP contribution < -0.4 is 4.74 Å². The molecule has 0 atom stereocenters. The molecule has 0 aliphatic heterocycles. The lowest BCUT2D eigenvalue weighted by Crippen LogP contribution is -2.10. The van der Waals surface area contributed by atoms with E-state index in [0.717, 1.165) is 26.3 Å². The molecule has 0 heterocycles. The van der Waals surface area contributed by atoms with Crippen molar-refractivity contribution in [3.63, 3.8) is 0 Å². The van der Waals surface area contributed by atoms with Crippen LogP contribution in [0.1, 0.15) is 16.8 Å². The van der Waals surface area contributed by atoms with Crippen molar-refractivity contribution in [3.8, 4) is 5.75 Å². The second-order valence-corrected chi connectivity index (χ2v) is 5.47. The molecule has 0 N–H and O–H groups in total. The maximum Gasteiger partial charge on any atom is 0.343 e. The van der Waals surface area contributed by atoms with Gasteiger partial charge in [0.25, 0.3) is 0 Å². The number of esters is 1. The Hall–Kier alpha value is -0.563. The minimum atomic E-state index is -0.294. The number of benzene rings is 1. The van der Waals surface area contributed by atoms with E-state index in [4.69, 9.17) is 9.47 Å². The van der Waals surface area contributed by atoms with Crippen LogP contribution >= 0.6 is 22.6 Å². The summed E-state index contributed by atoms with van der Waals surface area (Å²) in [6, 6.07) is 6.64. The van der Waals surface area contributed by atoms with Crippen molar-refractivity contribution in [3.05, 3.63) is 27.3 Å². The van der Waals surface area contributed by atoms with Crippen molar-refractivity contribution in [2.24, 2.45) is 0 Å². The molecule has 3 nitrogen and oxygen atoms in total. The third kappa shape index (κ3) is 3.48. The Morgan fingerprint density at radius 1 is 1.50 bits per heavy atom. The summed E-state index contributed by atoms with van der Waals surface area (Å²) in [5.41, 5.74) is 0.527. The van der Waals surface area contributed by atoms with Crippen LogP contribution in [0, 0.1) is 3.57 Å². The second-order valence-electron chi connectivity index (χ2n) is 3.31. The molecule has 1 rings (SSSR count). The van der Waals surface area contributed by atoms with Gasteiger partial charge in [-0.3, -0.25) is 0 Å². The van der Waals surface area contributed by atoms with E-state index < -0.39 is 0 Å². The fourth-order valence-corrected chi connectivity index (χ4v) is 2.24. The largest absolute Gasteiger partial charge is 0.496 e. The first-order valence-corrected chi connectivity index (χ1v) is 7.69. The molecular formula is C11H15IO3Si. The first-order chi connectivity index (χ1) is 7.70. The number of carbonyl (C=O) groups excluding carboxylic acids is 1. The molecule has 0 aromatic heterocycles. The Bertz CT molecular complexity index is 368. The zero-order valence-electron chi connectivity index (χ0n) is 9.46. The first-order valence-electron chi connectivity index (χ1n) is 5.20. The van der Waals surface area contributed by atoms with Gasteiger partial charge < -0.3 is 9.47 Å². The fourth-order valence-electron chi connectivity index (χ4n) is 1.25. The van der Waals surface area contributed by atoms with Crippen LogP contribution in [0.5, 0.6) is 5.75 Å². The first kappa shape index (κ1) is 13.5. The minimum Gasteiger partial charge on any atom is -0.496 e. The predicted molar refractivity (Wildman–Crippen MR) is 75.4 cm³/mol. The zero-order chi connectivity index (χ0) is 12.0. The molecule has 1 aromatic carbocycles. The van der Waals surface area contributed by atoms with E-state index in [-0.39, 0.29) is 5.97 Å². The highest BCUT2D eigenvalue weighted by Crippen LogP contribution is 2.24. The van der Waals surface area contributed by atoms with Gasteiger partial charge in [-0.25, -0.2) is 4.79 Å². The van der Waals surface area contributed by atoms with Crippen molar-refractivity contribution in [1.82, 2.24) is 0 Å². The molecule has 0 bridgehead atoms. The highest BCUT2D eigenvalue weighted by Gasteiger charge is 2.16. The van der Waals surface area contributed by atoms with Gasteiger partial charge in [-0.2, -0.15) is 0 Å². The second kappa shape index (κ2) is 6.90. The zero-order valence-corrected chi connectivity index (χ0v) is 13.6. The van der Waals surface area contributed by atoms with Crippen molar-refractivity contribution >= 4 is 38.8 Å². The Balaban J connectivity index is 2.81. The Kier molecular flexibility index (Phi) is 5.82. The molecule has 0 unspecified atom stereocenters. The van der Waals surface area contributed by atoms with Crippen LogP contribution in [-0.4, -0.2) is 29.9 Å². The van der Waals surface area contributed by atoms with E-state index in [9.17, 15) is 4.79 Å². The number of ether oxygens (including phenoxy) is 2. The van der Waals surface area contributed by atoms with Crippen LogP contribution in [0.25, 0.3) is 0 Å². The fraction of sp³-hybridized carbons (Fsp3) is 0.364. The molecular weight excluding hydrogens is 335 g/mol. The van der Waals surface area contributed by atoms with E-state index in [2.05, 4.69) is 22.6 Å². The average Bonchev–Trinajstić information content (AvgIpc) is 2.28. The van der Waals surface area contributed by atoms with Crippen molar-refractivity contribution in [2.45, 2.75) is 12.5 Å². The Morgan fingerprint density at radius 2 is 2.25 bits per heavy atom. The summed E-state index contributed by atoms with van der Waals surface area (Å²) in [4.78, 5) is 11.8. The minimum absolute atomic E-state index is 0.294. The van der Waals surface area contributed by atoms with Crippen LogP contribution in [0.2, 0.25) is 6.04 Å². The van der Waals surface area contributed by atoms with Gasteiger partial charge in [-0.05, 0) is 41.1 Å². The maximum absolute atomic E-state index is 11.8. The summed E-state index contributed by atoms with van der Waals surface area (Å²) in [5, 5.41) is 0. The van der Waals surface area contributed by atoms with E-state index >= 15 is 0 Å². The standard InChI is InChI=1S/C11H15IO3Si/c1-14-9-5-2-4-8(12)10(9)11(13)15-6-3-7-16/h2,4-5H,3,6-7H2,1,16H3. The predicted octanol–water partition coefficient (Wildman–Crippen LogP) is 1.63. The Morgan fingerprint density at radius 3 is 2.88 bits per heavy atom. The molecule has 88 valence electrons.